The van der Waals surface area contributed by atoms with Gasteiger partial charge in [0.25, 0.3) is 0 Å². The second-order valence-corrected chi connectivity index (χ2v) is 6.21. The van der Waals surface area contributed by atoms with Gasteiger partial charge >= 0.3 is 0 Å². The van der Waals surface area contributed by atoms with Crippen LogP contribution in [0.3, 0.4) is 0 Å². The Kier molecular flexibility index (Phi) is 2.27. The maximum Gasteiger partial charge on any atom is 0.241 e. The van der Waals surface area contributed by atoms with Gasteiger partial charge < -0.3 is 4.90 Å². The highest BCUT2D eigenvalue weighted by molar-refractivity contribution is 6.25. The molecule has 0 saturated heterocycles. The van der Waals surface area contributed by atoms with Crippen LogP contribution in [0.25, 0.3) is 0 Å². The normalized spacial score (nSPS) is 34.8. The van der Waals surface area contributed by atoms with E-state index in [-0.39, 0.29) is 17.6 Å². The molecule has 1 spiro atoms. The summed E-state index contributed by atoms with van der Waals surface area (Å²) in [5, 5.41) is 0. The van der Waals surface area contributed by atoms with Crippen molar-refractivity contribution < 1.29 is 9.59 Å². The van der Waals surface area contributed by atoms with Gasteiger partial charge in [0, 0.05) is 12.6 Å². The van der Waals surface area contributed by atoms with E-state index in [0.29, 0.717) is 17.9 Å². The number of allylic oxidation sites excluding steroid dienone is 2. The van der Waals surface area contributed by atoms with E-state index in [2.05, 4.69) is 12.2 Å². The average Bonchev–Trinajstić information content (AvgIpc) is 2.52. The van der Waals surface area contributed by atoms with Crippen LogP contribution >= 0.6 is 0 Å². The predicted molar refractivity (Wildman–Crippen MR) is 76.6 cm³/mol. The molecular formula is C17H17NO2. The number of Topliss-reactive ketones (excluding diaryl/α,β-unsaturated/α-hetero) is 1. The van der Waals surface area contributed by atoms with Crippen LogP contribution in [0.4, 0.5) is 5.69 Å². The van der Waals surface area contributed by atoms with Crippen LogP contribution in [0.2, 0.25) is 0 Å². The molecule has 1 aliphatic heterocycles. The summed E-state index contributed by atoms with van der Waals surface area (Å²) in [6.45, 7) is 0. The molecule has 102 valence electrons. The molecule has 1 aromatic rings. The third-order valence-electron chi connectivity index (χ3n) is 5.28. The summed E-state index contributed by atoms with van der Waals surface area (Å²) in [7, 11) is 1.79. The lowest BCUT2D eigenvalue weighted by atomic mass is 9.55. The fourth-order valence-electron chi connectivity index (χ4n) is 4.23. The Morgan fingerprint density at radius 1 is 1.15 bits per heavy atom. The van der Waals surface area contributed by atoms with Crippen LogP contribution < -0.4 is 4.90 Å². The second kappa shape index (κ2) is 3.81. The number of nitrogens with zero attached hydrogens (tertiary/aromatic N) is 1. The molecule has 1 aromatic carbocycles. The molecule has 0 aromatic heterocycles. The molecule has 4 aliphatic rings. The standard InChI is InChI=1S/C17H17NO2/c1-18-14-5-3-2-4-13(14)15(19)17(16(18)20)10-11-6-8-12(17)9-7-11/h2-6,8,11-12H,7,9-10H2,1H3. The van der Waals surface area contributed by atoms with Crippen LogP contribution in [0.5, 0.6) is 0 Å². The number of benzene rings is 1. The quantitative estimate of drug-likeness (QED) is 0.535. The summed E-state index contributed by atoms with van der Waals surface area (Å²) in [5.41, 5.74) is 0.620. The lowest BCUT2D eigenvalue weighted by Crippen LogP contribution is -2.58. The van der Waals surface area contributed by atoms with Crippen LogP contribution in [-0.2, 0) is 4.79 Å². The molecule has 0 radical (unpaired) electrons. The first kappa shape index (κ1) is 11.9. The first-order valence-corrected chi connectivity index (χ1v) is 7.25. The van der Waals surface area contributed by atoms with Crippen molar-refractivity contribution in [1.82, 2.24) is 0 Å². The molecule has 20 heavy (non-hydrogen) atoms. The molecule has 1 amide bonds. The summed E-state index contributed by atoms with van der Waals surface area (Å²) in [6.07, 6.45) is 7.05. The molecule has 5 rings (SSSR count). The number of para-hydroxylation sites is 1. The van der Waals surface area contributed by atoms with Gasteiger partial charge in [0.15, 0.2) is 5.78 Å². The third-order valence-corrected chi connectivity index (χ3v) is 5.28. The smallest absolute Gasteiger partial charge is 0.241 e. The first-order chi connectivity index (χ1) is 9.64. The summed E-state index contributed by atoms with van der Waals surface area (Å²) in [6, 6.07) is 7.47. The van der Waals surface area contributed by atoms with Gasteiger partial charge in [-0.05, 0) is 43.2 Å². The molecule has 3 unspecified atom stereocenters. The monoisotopic (exact) mass is 267 g/mol. The maximum atomic E-state index is 13.1. The van der Waals surface area contributed by atoms with E-state index in [1.165, 1.54) is 0 Å². The third kappa shape index (κ3) is 1.25. The molecule has 1 saturated carbocycles. The molecule has 1 heterocycles. The number of anilines is 1. The van der Waals surface area contributed by atoms with Gasteiger partial charge in [0.05, 0.1) is 5.69 Å². The van der Waals surface area contributed by atoms with Crippen molar-refractivity contribution in [2.45, 2.75) is 19.3 Å². The van der Waals surface area contributed by atoms with Crippen molar-refractivity contribution in [2.24, 2.45) is 17.3 Å². The SMILES string of the molecule is CN1C(=O)C2(CC3C=CC2CC3)C(=O)c2ccccc21. The molecule has 1 fully saturated rings. The largest absolute Gasteiger partial charge is 0.314 e. The highest BCUT2D eigenvalue weighted by Gasteiger charge is 2.59. The first-order valence-electron chi connectivity index (χ1n) is 7.25. The van der Waals surface area contributed by atoms with E-state index in [0.717, 1.165) is 18.5 Å². The Morgan fingerprint density at radius 3 is 2.60 bits per heavy atom. The lowest BCUT2D eigenvalue weighted by Gasteiger charge is -2.50. The summed E-state index contributed by atoms with van der Waals surface area (Å²) >= 11 is 0. The Labute approximate surface area is 118 Å². The summed E-state index contributed by atoms with van der Waals surface area (Å²) < 4.78 is 0. The lowest BCUT2D eigenvalue weighted by molar-refractivity contribution is -0.130. The number of ketones is 1. The highest BCUT2D eigenvalue weighted by Crippen LogP contribution is 2.54. The van der Waals surface area contributed by atoms with Crippen LogP contribution in [-0.4, -0.2) is 18.7 Å². The Bertz CT molecular complexity index is 648. The Morgan fingerprint density at radius 2 is 1.95 bits per heavy atom. The molecule has 3 aliphatic carbocycles. The number of amides is 1. The zero-order valence-electron chi connectivity index (χ0n) is 11.5. The number of carbonyl (C=O) groups excluding carboxylic acids is 2. The van der Waals surface area contributed by atoms with E-state index in [4.69, 9.17) is 0 Å². The second-order valence-electron chi connectivity index (χ2n) is 6.21. The summed E-state index contributed by atoms with van der Waals surface area (Å²) in [4.78, 5) is 27.7. The zero-order valence-corrected chi connectivity index (χ0v) is 11.5. The minimum atomic E-state index is -0.833. The number of carbonyl (C=O) groups is 2. The fraction of sp³-hybridized carbons (Fsp3) is 0.412. The van der Waals surface area contributed by atoms with Crippen molar-refractivity contribution in [3.8, 4) is 0 Å². The molecule has 0 N–H and O–H groups in total. The average molecular weight is 267 g/mol. The summed E-state index contributed by atoms with van der Waals surface area (Å²) in [5.74, 6) is 0.477. The van der Waals surface area contributed by atoms with Crippen molar-refractivity contribution in [3.63, 3.8) is 0 Å². The van der Waals surface area contributed by atoms with Gasteiger partial charge in [-0.1, -0.05) is 24.3 Å². The zero-order chi connectivity index (χ0) is 13.9. The van der Waals surface area contributed by atoms with Crippen molar-refractivity contribution >= 4 is 17.4 Å². The molecule has 3 heteroatoms. The predicted octanol–water partition coefficient (Wildman–Crippen LogP) is 2.82. The fourth-order valence-corrected chi connectivity index (χ4v) is 4.23. The number of hydrogen-bond donors (Lipinski definition) is 0. The van der Waals surface area contributed by atoms with E-state index >= 15 is 0 Å². The van der Waals surface area contributed by atoms with Gasteiger partial charge in [-0.3, -0.25) is 9.59 Å². The van der Waals surface area contributed by atoms with Crippen molar-refractivity contribution in [3.05, 3.63) is 42.0 Å². The topological polar surface area (TPSA) is 37.4 Å². The van der Waals surface area contributed by atoms with Gasteiger partial charge in [-0.15, -0.1) is 0 Å². The van der Waals surface area contributed by atoms with E-state index < -0.39 is 5.41 Å². The molecule has 3 nitrogen and oxygen atoms in total. The highest BCUT2D eigenvalue weighted by atomic mass is 16.2. The Balaban J connectivity index is 1.93. The molecule has 3 atom stereocenters. The van der Waals surface area contributed by atoms with Gasteiger partial charge in [-0.2, -0.15) is 0 Å². The maximum absolute atomic E-state index is 13.1. The number of hydrogen-bond acceptors (Lipinski definition) is 2. The van der Waals surface area contributed by atoms with Gasteiger partial charge in [-0.25, -0.2) is 0 Å². The van der Waals surface area contributed by atoms with Crippen LogP contribution in [0.15, 0.2) is 36.4 Å². The number of rotatable bonds is 0. The minimum Gasteiger partial charge on any atom is -0.314 e. The Hall–Kier alpha value is -1.90. The number of fused-ring (bicyclic) bond motifs is 2. The van der Waals surface area contributed by atoms with Crippen molar-refractivity contribution in [2.75, 3.05) is 11.9 Å². The van der Waals surface area contributed by atoms with E-state index in [1.807, 2.05) is 24.3 Å². The van der Waals surface area contributed by atoms with Crippen LogP contribution in [0, 0.1) is 17.3 Å². The van der Waals surface area contributed by atoms with Gasteiger partial charge in [0.2, 0.25) is 5.91 Å². The van der Waals surface area contributed by atoms with E-state index in [1.54, 1.807) is 11.9 Å². The molecule has 2 bridgehead atoms. The molecular weight excluding hydrogens is 250 g/mol. The van der Waals surface area contributed by atoms with Gasteiger partial charge in [0.1, 0.15) is 5.41 Å². The van der Waals surface area contributed by atoms with E-state index in [9.17, 15) is 9.59 Å². The van der Waals surface area contributed by atoms with Crippen LogP contribution in [0.1, 0.15) is 29.6 Å². The van der Waals surface area contributed by atoms with Crippen molar-refractivity contribution in [1.29, 1.82) is 0 Å². The minimum absolute atomic E-state index is 0.0137.